The minimum atomic E-state index is -1.01. The summed E-state index contributed by atoms with van der Waals surface area (Å²) in [7, 11) is 0. The summed E-state index contributed by atoms with van der Waals surface area (Å²) in [4.78, 5) is 27.8. The predicted molar refractivity (Wildman–Crippen MR) is 55.2 cm³/mol. The lowest BCUT2D eigenvalue weighted by atomic mass is 9.89. The summed E-state index contributed by atoms with van der Waals surface area (Å²) < 4.78 is 0. The van der Waals surface area contributed by atoms with Gasteiger partial charge in [-0.3, -0.25) is 15.4 Å². The van der Waals surface area contributed by atoms with Crippen LogP contribution in [0.2, 0.25) is 0 Å². The molecule has 0 aromatic carbocycles. The van der Waals surface area contributed by atoms with E-state index in [1.54, 1.807) is 0 Å². The molecule has 8 nitrogen and oxygen atoms in total. The maximum absolute atomic E-state index is 12.1. The number of nitrogens with two attached hydrogens (primary N) is 1. The van der Waals surface area contributed by atoms with E-state index in [1.165, 1.54) is 17.5 Å². The maximum atomic E-state index is 12.1. The molecule has 2 unspecified atom stereocenters. The lowest BCUT2D eigenvalue weighted by Crippen LogP contribution is -2.59. The minimum absolute atomic E-state index is 0.437. The van der Waals surface area contributed by atoms with Crippen molar-refractivity contribution in [2.24, 2.45) is 11.8 Å². The van der Waals surface area contributed by atoms with Gasteiger partial charge in [0.05, 0.1) is 12.1 Å². The van der Waals surface area contributed by atoms with Crippen LogP contribution in [0, 0.1) is 5.92 Å². The Bertz CT molecular complexity index is 359. The molecular formula is C9H14N4O4. The number of nitrogens with one attached hydrogen (secondary N) is 1. The van der Waals surface area contributed by atoms with Crippen molar-refractivity contribution in [2.75, 3.05) is 6.54 Å². The van der Waals surface area contributed by atoms with E-state index >= 15 is 0 Å². The standard InChI is InChI=1S/C9H14N4O4/c10-12-3-1-2-6(9(15)16)7(12)8(14)13-4-5-17-11-13/h4-7,11H,1-3,10H2,(H,15,16). The number of hydrogen-bond donors (Lipinski definition) is 3. The van der Waals surface area contributed by atoms with Gasteiger partial charge in [0.1, 0.15) is 12.3 Å². The number of carboxylic acid groups (broad SMARTS) is 1. The number of piperidine rings is 1. The highest BCUT2D eigenvalue weighted by Gasteiger charge is 2.42. The van der Waals surface area contributed by atoms with Gasteiger partial charge in [0.25, 0.3) is 5.91 Å². The Morgan fingerprint density at radius 3 is 2.88 bits per heavy atom. The molecule has 94 valence electrons. The Hall–Kier alpha value is -1.64. The van der Waals surface area contributed by atoms with Crippen LogP contribution in [0.15, 0.2) is 12.5 Å². The Morgan fingerprint density at radius 2 is 2.29 bits per heavy atom. The van der Waals surface area contributed by atoms with Gasteiger partial charge in [0.2, 0.25) is 0 Å². The summed E-state index contributed by atoms with van der Waals surface area (Å²) in [6, 6.07) is -0.875. The van der Waals surface area contributed by atoms with Gasteiger partial charge in [0, 0.05) is 6.54 Å². The van der Waals surface area contributed by atoms with Crippen LogP contribution in [0.4, 0.5) is 0 Å². The molecule has 2 aliphatic rings. The van der Waals surface area contributed by atoms with Gasteiger partial charge >= 0.3 is 5.97 Å². The molecule has 2 aliphatic heterocycles. The normalized spacial score (nSPS) is 29.1. The third-order valence-corrected chi connectivity index (χ3v) is 2.91. The smallest absolute Gasteiger partial charge is 0.308 e. The number of rotatable bonds is 2. The number of aliphatic carboxylic acids is 1. The first kappa shape index (κ1) is 11.8. The minimum Gasteiger partial charge on any atom is -0.481 e. The van der Waals surface area contributed by atoms with Crippen molar-refractivity contribution in [1.29, 1.82) is 0 Å². The molecule has 1 amide bonds. The Labute approximate surface area is 97.5 Å². The van der Waals surface area contributed by atoms with E-state index in [-0.39, 0.29) is 0 Å². The summed E-state index contributed by atoms with van der Waals surface area (Å²) in [5, 5.41) is 11.5. The Morgan fingerprint density at radius 1 is 1.53 bits per heavy atom. The molecule has 0 aromatic heterocycles. The lowest BCUT2D eigenvalue weighted by Gasteiger charge is -2.36. The van der Waals surface area contributed by atoms with Crippen molar-refractivity contribution in [3.05, 3.63) is 12.5 Å². The first-order valence-corrected chi connectivity index (χ1v) is 5.26. The highest BCUT2D eigenvalue weighted by Crippen LogP contribution is 2.23. The molecule has 8 heteroatoms. The predicted octanol–water partition coefficient (Wildman–Crippen LogP) is -1.23. The van der Waals surface area contributed by atoms with E-state index in [0.717, 1.165) is 5.01 Å². The van der Waals surface area contributed by atoms with Gasteiger partial charge in [-0.05, 0) is 12.8 Å². The van der Waals surface area contributed by atoms with Crippen molar-refractivity contribution in [2.45, 2.75) is 18.9 Å². The number of hydrazine groups is 2. The first-order chi connectivity index (χ1) is 8.11. The largest absolute Gasteiger partial charge is 0.481 e. The molecule has 1 saturated heterocycles. The van der Waals surface area contributed by atoms with Crippen LogP contribution >= 0.6 is 0 Å². The second kappa shape index (κ2) is 4.70. The molecule has 1 fully saturated rings. The third-order valence-electron chi connectivity index (χ3n) is 2.91. The highest BCUT2D eigenvalue weighted by atomic mass is 16.7. The maximum Gasteiger partial charge on any atom is 0.308 e. The fourth-order valence-electron chi connectivity index (χ4n) is 2.06. The van der Waals surface area contributed by atoms with Crippen LogP contribution in [0.5, 0.6) is 0 Å². The fraction of sp³-hybridized carbons (Fsp3) is 0.556. The molecule has 0 spiro atoms. The van der Waals surface area contributed by atoms with E-state index in [1.807, 2.05) is 0 Å². The summed E-state index contributed by atoms with van der Waals surface area (Å²) in [5.74, 6) is 3.46. The van der Waals surface area contributed by atoms with Gasteiger partial charge in [-0.15, -0.1) is 0 Å². The Balaban J connectivity index is 2.15. The molecule has 0 saturated carbocycles. The zero-order valence-corrected chi connectivity index (χ0v) is 9.07. The topological polar surface area (TPSA) is 108 Å². The summed E-state index contributed by atoms with van der Waals surface area (Å²) >= 11 is 0. The summed E-state index contributed by atoms with van der Waals surface area (Å²) in [6.45, 7) is 0.499. The molecule has 17 heavy (non-hydrogen) atoms. The molecule has 0 bridgehead atoms. The molecule has 0 radical (unpaired) electrons. The van der Waals surface area contributed by atoms with Gasteiger partial charge in [-0.2, -0.15) is 0 Å². The van der Waals surface area contributed by atoms with Crippen molar-refractivity contribution >= 4 is 11.9 Å². The van der Waals surface area contributed by atoms with E-state index < -0.39 is 23.8 Å². The number of hydrogen-bond acceptors (Lipinski definition) is 6. The van der Waals surface area contributed by atoms with Crippen molar-refractivity contribution in [3.8, 4) is 0 Å². The molecule has 4 N–H and O–H groups in total. The highest BCUT2D eigenvalue weighted by molar-refractivity contribution is 5.88. The monoisotopic (exact) mass is 242 g/mol. The van der Waals surface area contributed by atoms with Gasteiger partial charge in [-0.25, -0.2) is 10.0 Å². The zero-order chi connectivity index (χ0) is 12.4. The average molecular weight is 242 g/mol. The molecule has 2 atom stereocenters. The van der Waals surface area contributed by atoms with E-state index in [2.05, 4.69) is 10.4 Å². The molecule has 2 heterocycles. The fourth-order valence-corrected chi connectivity index (χ4v) is 2.06. The zero-order valence-electron chi connectivity index (χ0n) is 9.07. The van der Waals surface area contributed by atoms with Crippen LogP contribution in [0.3, 0.4) is 0 Å². The van der Waals surface area contributed by atoms with Crippen molar-refractivity contribution in [3.63, 3.8) is 0 Å². The number of carbonyl (C=O) groups is 2. The van der Waals surface area contributed by atoms with E-state index in [4.69, 9.17) is 10.9 Å². The lowest BCUT2D eigenvalue weighted by molar-refractivity contribution is -0.157. The van der Waals surface area contributed by atoms with Gasteiger partial charge < -0.3 is 9.94 Å². The van der Waals surface area contributed by atoms with E-state index in [0.29, 0.717) is 19.4 Å². The van der Waals surface area contributed by atoms with Crippen LogP contribution in [-0.4, -0.2) is 39.6 Å². The molecule has 0 aromatic rings. The number of carboxylic acids is 1. The van der Waals surface area contributed by atoms with Crippen molar-refractivity contribution in [1.82, 2.24) is 15.6 Å². The quantitative estimate of drug-likeness (QED) is 0.520. The third kappa shape index (κ3) is 2.23. The second-order valence-electron chi connectivity index (χ2n) is 3.97. The number of carbonyl (C=O) groups excluding carboxylic acids is 1. The van der Waals surface area contributed by atoms with Crippen LogP contribution in [0.1, 0.15) is 12.8 Å². The first-order valence-electron chi connectivity index (χ1n) is 5.26. The molecule has 2 rings (SSSR count). The van der Waals surface area contributed by atoms with E-state index in [9.17, 15) is 9.59 Å². The van der Waals surface area contributed by atoms with Crippen LogP contribution in [0.25, 0.3) is 0 Å². The number of nitrogens with zero attached hydrogens (tertiary/aromatic N) is 2. The SMILES string of the molecule is NN1CCCC(C(=O)O)C1C(=O)N1C=CON1. The average Bonchev–Trinajstić information content (AvgIpc) is 2.81. The number of amides is 1. The second-order valence-corrected chi connectivity index (χ2v) is 3.97. The summed E-state index contributed by atoms with van der Waals surface area (Å²) in [6.07, 6.45) is 3.77. The van der Waals surface area contributed by atoms with Crippen molar-refractivity contribution < 1.29 is 19.5 Å². The van der Waals surface area contributed by atoms with Gasteiger partial charge in [0.15, 0.2) is 0 Å². The summed E-state index contributed by atoms with van der Waals surface area (Å²) in [5.41, 5.74) is 2.33. The van der Waals surface area contributed by atoms with Gasteiger partial charge in [-0.1, -0.05) is 5.59 Å². The molecule has 0 aliphatic carbocycles. The van der Waals surface area contributed by atoms with Crippen LogP contribution in [-0.2, 0) is 14.4 Å². The van der Waals surface area contributed by atoms with Crippen LogP contribution < -0.4 is 11.4 Å². The molecular weight excluding hydrogens is 228 g/mol. The Kier molecular flexibility index (Phi) is 3.27.